The van der Waals surface area contributed by atoms with Gasteiger partial charge in [-0.15, -0.1) is 0 Å². The molecule has 1 aliphatic heterocycles. The molecule has 0 atom stereocenters. The average molecular weight is 361 g/mol. The van der Waals surface area contributed by atoms with E-state index in [0.29, 0.717) is 6.42 Å². The molecule has 5 heteroatoms. The molecule has 5 nitrogen and oxygen atoms in total. The number of benzene rings is 2. The van der Waals surface area contributed by atoms with Crippen LogP contribution in [0.25, 0.3) is 11.3 Å². The van der Waals surface area contributed by atoms with Crippen molar-refractivity contribution in [3.8, 4) is 17.0 Å². The molecule has 3 aromatic rings. The SMILES string of the molecule is COc1ccc(CC(=O)Nc2ccccc2-c2cn3c(n2)CCCC3)cc1. The molecule has 0 spiro atoms. The van der Waals surface area contributed by atoms with E-state index in [9.17, 15) is 4.79 Å². The van der Waals surface area contributed by atoms with Crippen LogP contribution in [0, 0.1) is 0 Å². The van der Waals surface area contributed by atoms with E-state index < -0.39 is 0 Å². The summed E-state index contributed by atoms with van der Waals surface area (Å²) in [7, 11) is 1.63. The van der Waals surface area contributed by atoms with Gasteiger partial charge in [-0.05, 0) is 36.6 Å². The van der Waals surface area contributed by atoms with Gasteiger partial charge in [0.05, 0.1) is 24.9 Å². The van der Waals surface area contributed by atoms with Gasteiger partial charge in [0.25, 0.3) is 0 Å². The van der Waals surface area contributed by atoms with E-state index in [-0.39, 0.29) is 5.91 Å². The van der Waals surface area contributed by atoms with Gasteiger partial charge in [0.2, 0.25) is 5.91 Å². The molecule has 2 heterocycles. The largest absolute Gasteiger partial charge is 0.497 e. The summed E-state index contributed by atoms with van der Waals surface area (Å²) in [6, 6.07) is 15.4. The minimum absolute atomic E-state index is 0.0448. The number of hydrogen-bond donors (Lipinski definition) is 1. The Labute approximate surface area is 159 Å². The Hall–Kier alpha value is -3.08. The van der Waals surface area contributed by atoms with Crippen molar-refractivity contribution in [1.82, 2.24) is 9.55 Å². The lowest BCUT2D eigenvalue weighted by molar-refractivity contribution is -0.115. The number of rotatable bonds is 5. The van der Waals surface area contributed by atoms with Crippen LogP contribution in [0.2, 0.25) is 0 Å². The van der Waals surface area contributed by atoms with E-state index in [1.165, 1.54) is 12.8 Å². The van der Waals surface area contributed by atoms with Crippen LogP contribution < -0.4 is 10.1 Å². The van der Waals surface area contributed by atoms with Gasteiger partial charge in [-0.1, -0.05) is 30.3 Å². The molecule has 1 amide bonds. The lowest BCUT2D eigenvalue weighted by Crippen LogP contribution is -2.15. The number of carbonyl (C=O) groups is 1. The molecule has 138 valence electrons. The van der Waals surface area contributed by atoms with Crippen molar-refractivity contribution in [2.24, 2.45) is 0 Å². The van der Waals surface area contributed by atoms with Crippen LogP contribution >= 0.6 is 0 Å². The minimum Gasteiger partial charge on any atom is -0.497 e. The third-order valence-corrected chi connectivity index (χ3v) is 4.91. The highest BCUT2D eigenvalue weighted by Crippen LogP contribution is 2.29. The van der Waals surface area contributed by atoms with E-state index in [0.717, 1.165) is 47.0 Å². The number of ether oxygens (including phenoxy) is 1. The van der Waals surface area contributed by atoms with Crippen molar-refractivity contribution in [3.05, 3.63) is 66.1 Å². The summed E-state index contributed by atoms with van der Waals surface area (Å²) in [5.74, 6) is 1.88. The van der Waals surface area contributed by atoms with Gasteiger partial charge in [-0.25, -0.2) is 4.98 Å². The maximum atomic E-state index is 12.5. The molecule has 2 aromatic carbocycles. The minimum atomic E-state index is -0.0448. The third-order valence-electron chi connectivity index (χ3n) is 4.91. The van der Waals surface area contributed by atoms with Crippen LogP contribution in [0.4, 0.5) is 5.69 Å². The number of methoxy groups -OCH3 is 1. The van der Waals surface area contributed by atoms with Gasteiger partial charge in [0.1, 0.15) is 11.6 Å². The smallest absolute Gasteiger partial charge is 0.228 e. The number of para-hydroxylation sites is 1. The van der Waals surface area contributed by atoms with E-state index in [2.05, 4.69) is 16.1 Å². The number of amides is 1. The van der Waals surface area contributed by atoms with Crippen molar-refractivity contribution in [1.29, 1.82) is 0 Å². The lowest BCUT2D eigenvalue weighted by Gasteiger charge is -2.11. The van der Waals surface area contributed by atoms with Crippen molar-refractivity contribution in [2.45, 2.75) is 32.2 Å². The third kappa shape index (κ3) is 3.87. The van der Waals surface area contributed by atoms with Crippen LogP contribution in [0.15, 0.2) is 54.7 Å². The van der Waals surface area contributed by atoms with Gasteiger partial charge in [0, 0.05) is 24.7 Å². The molecule has 1 aliphatic rings. The average Bonchev–Trinajstić information content (AvgIpc) is 3.13. The summed E-state index contributed by atoms with van der Waals surface area (Å²) in [5.41, 5.74) is 3.63. The van der Waals surface area contributed by atoms with E-state index in [4.69, 9.17) is 9.72 Å². The van der Waals surface area contributed by atoms with Crippen LogP contribution in [0.1, 0.15) is 24.2 Å². The summed E-state index contributed by atoms with van der Waals surface area (Å²) in [4.78, 5) is 17.3. The fourth-order valence-electron chi connectivity index (χ4n) is 3.48. The van der Waals surface area contributed by atoms with Gasteiger partial charge in [0.15, 0.2) is 0 Å². The zero-order valence-electron chi connectivity index (χ0n) is 15.4. The van der Waals surface area contributed by atoms with Gasteiger partial charge >= 0.3 is 0 Å². The number of hydrogen-bond acceptors (Lipinski definition) is 3. The summed E-state index contributed by atoms with van der Waals surface area (Å²) in [6.45, 7) is 1.02. The summed E-state index contributed by atoms with van der Waals surface area (Å²) < 4.78 is 7.39. The van der Waals surface area contributed by atoms with Crippen LogP contribution in [0.3, 0.4) is 0 Å². The topological polar surface area (TPSA) is 56.1 Å². The molecule has 0 fully saturated rings. The molecule has 0 aliphatic carbocycles. The van der Waals surface area contributed by atoms with E-state index >= 15 is 0 Å². The van der Waals surface area contributed by atoms with Gasteiger partial charge in [-0.3, -0.25) is 4.79 Å². The number of carbonyl (C=O) groups excluding carboxylic acids is 1. The molecule has 0 unspecified atom stereocenters. The highest BCUT2D eigenvalue weighted by atomic mass is 16.5. The zero-order chi connectivity index (χ0) is 18.6. The van der Waals surface area contributed by atoms with Crippen LogP contribution in [-0.2, 0) is 24.2 Å². The van der Waals surface area contributed by atoms with Crippen molar-refractivity contribution >= 4 is 11.6 Å². The molecular weight excluding hydrogens is 338 g/mol. The monoisotopic (exact) mass is 361 g/mol. The Morgan fingerprint density at radius 1 is 1.15 bits per heavy atom. The Morgan fingerprint density at radius 2 is 1.96 bits per heavy atom. The second kappa shape index (κ2) is 7.66. The van der Waals surface area contributed by atoms with E-state index in [1.54, 1.807) is 7.11 Å². The fraction of sp³-hybridized carbons (Fsp3) is 0.273. The lowest BCUT2D eigenvalue weighted by atomic mass is 10.1. The molecule has 1 aromatic heterocycles. The summed E-state index contributed by atoms with van der Waals surface area (Å²) in [5, 5.41) is 3.05. The number of aryl methyl sites for hydroxylation is 2. The normalized spacial score (nSPS) is 13.1. The quantitative estimate of drug-likeness (QED) is 0.745. The predicted molar refractivity (Wildman–Crippen MR) is 106 cm³/mol. The molecule has 1 N–H and O–H groups in total. The molecule has 0 bridgehead atoms. The fourth-order valence-corrected chi connectivity index (χ4v) is 3.48. The first kappa shape index (κ1) is 17.3. The zero-order valence-corrected chi connectivity index (χ0v) is 15.4. The van der Waals surface area contributed by atoms with Gasteiger partial charge in [-0.2, -0.15) is 0 Å². The van der Waals surface area contributed by atoms with Crippen molar-refractivity contribution in [3.63, 3.8) is 0 Å². The van der Waals surface area contributed by atoms with Crippen molar-refractivity contribution < 1.29 is 9.53 Å². The number of nitrogens with one attached hydrogen (secondary N) is 1. The Balaban J connectivity index is 1.52. The Morgan fingerprint density at radius 3 is 2.74 bits per heavy atom. The van der Waals surface area contributed by atoms with Crippen LogP contribution in [0.5, 0.6) is 5.75 Å². The summed E-state index contributed by atoms with van der Waals surface area (Å²) in [6.07, 6.45) is 5.83. The molecule has 0 radical (unpaired) electrons. The highest BCUT2D eigenvalue weighted by molar-refractivity contribution is 5.96. The van der Waals surface area contributed by atoms with Crippen molar-refractivity contribution in [2.75, 3.05) is 12.4 Å². The molecule has 4 rings (SSSR count). The molecular formula is C22H23N3O2. The maximum Gasteiger partial charge on any atom is 0.228 e. The van der Waals surface area contributed by atoms with E-state index in [1.807, 2.05) is 48.5 Å². The second-order valence-electron chi connectivity index (χ2n) is 6.81. The first-order valence-electron chi connectivity index (χ1n) is 9.31. The summed E-state index contributed by atoms with van der Waals surface area (Å²) >= 11 is 0. The first-order chi connectivity index (χ1) is 13.2. The van der Waals surface area contributed by atoms with Gasteiger partial charge < -0.3 is 14.6 Å². The highest BCUT2D eigenvalue weighted by Gasteiger charge is 2.16. The second-order valence-corrected chi connectivity index (χ2v) is 6.81. The first-order valence-corrected chi connectivity index (χ1v) is 9.31. The number of fused-ring (bicyclic) bond motifs is 1. The van der Waals surface area contributed by atoms with Crippen LogP contribution in [-0.4, -0.2) is 22.6 Å². The number of imidazole rings is 1. The number of aromatic nitrogens is 2. The number of nitrogens with zero attached hydrogens (tertiary/aromatic N) is 2. The molecule has 0 saturated carbocycles. The Kier molecular flexibility index (Phi) is 4.92. The standard InChI is InChI=1S/C22H23N3O2/c1-27-17-11-9-16(10-12-17)14-22(26)24-19-7-3-2-6-18(19)20-15-25-13-5-4-8-21(25)23-20/h2-3,6-7,9-12,15H,4-5,8,13-14H2,1H3,(H,24,26). The molecule has 27 heavy (non-hydrogen) atoms. The predicted octanol–water partition coefficient (Wildman–Crippen LogP) is 4.08. The molecule has 0 saturated heterocycles. The maximum absolute atomic E-state index is 12.5. The Bertz CT molecular complexity index is 921. The number of anilines is 1.